The van der Waals surface area contributed by atoms with Crippen molar-refractivity contribution in [3.8, 4) is 5.69 Å². The highest BCUT2D eigenvalue weighted by Crippen LogP contribution is 2.26. The van der Waals surface area contributed by atoms with Crippen LogP contribution in [0, 0.1) is 6.92 Å². The number of para-hydroxylation sites is 1. The minimum Gasteiger partial charge on any atom is -0.293 e. The molecule has 3 aromatic rings. The summed E-state index contributed by atoms with van der Waals surface area (Å²) in [6.07, 6.45) is 4.51. The number of aromatic nitrogens is 4. The molecule has 122 valence electrons. The van der Waals surface area contributed by atoms with Crippen LogP contribution in [0.3, 0.4) is 0 Å². The number of halogens is 1. The number of rotatable bonds is 3. The molecule has 2 aromatic heterocycles. The van der Waals surface area contributed by atoms with E-state index in [9.17, 15) is 0 Å². The molecule has 5 nitrogen and oxygen atoms in total. The Balaban J connectivity index is 1.59. The van der Waals surface area contributed by atoms with Crippen molar-refractivity contribution in [2.45, 2.75) is 26.4 Å². The Kier molecular flexibility index (Phi) is 4.04. The molecule has 6 heteroatoms. The van der Waals surface area contributed by atoms with E-state index in [0.29, 0.717) is 5.15 Å². The molecule has 0 saturated heterocycles. The van der Waals surface area contributed by atoms with Gasteiger partial charge in [0, 0.05) is 31.4 Å². The van der Waals surface area contributed by atoms with Crippen molar-refractivity contribution in [1.82, 2.24) is 24.6 Å². The van der Waals surface area contributed by atoms with Gasteiger partial charge in [0.1, 0.15) is 11.5 Å². The predicted molar refractivity (Wildman–Crippen MR) is 93.2 cm³/mol. The summed E-state index contributed by atoms with van der Waals surface area (Å²) in [5, 5.41) is 5.31. The molecular formula is C18H18ClN5. The highest BCUT2D eigenvalue weighted by Gasteiger charge is 2.21. The molecule has 0 spiro atoms. The molecule has 0 aliphatic carbocycles. The van der Waals surface area contributed by atoms with Crippen molar-refractivity contribution in [2.24, 2.45) is 0 Å². The zero-order chi connectivity index (χ0) is 16.5. The van der Waals surface area contributed by atoms with E-state index in [2.05, 4.69) is 20.0 Å². The summed E-state index contributed by atoms with van der Waals surface area (Å²) in [5.74, 6) is 0. The molecule has 0 N–H and O–H groups in total. The second-order valence-corrected chi connectivity index (χ2v) is 6.42. The van der Waals surface area contributed by atoms with Gasteiger partial charge >= 0.3 is 0 Å². The number of benzene rings is 1. The third-order valence-electron chi connectivity index (χ3n) is 4.46. The van der Waals surface area contributed by atoms with Crippen molar-refractivity contribution in [1.29, 1.82) is 0 Å². The van der Waals surface area contributed by atoms with Gasteiger partial charge in [-0.3, -0.25) is 4.90 Å². The van der Waals surface area contributed by atoms with Crippen LogP contribution in [-0.4, -0.2) is 31.2 Å². The molecule has 1 aliphatic rings. The van der Waals surface area contributed by atoms with Crippen LogP contribution in [0.1, 0.15) is 22.5 Å². The fourth-order valence-corrected chi connectivity index (χ4v) is 3.45. The maximum Gasteiger partial charge on any atom is 0.137 e. The van der Waals surface area contributed by atoms with Crippen molar-refractivity contribution in [2.75, 3.05) is 6.54 Å². The average molecular weight is 340 g/mol. The Hall–Kier alpha value is -2.24. The Morgan fingerprint density at radius 1 is 1.21 bits per heavy atom. The first kappa shape index (κ1) is 15.3. The molecule has 0 amide bonds. The molecule has 0 unspecified atom stereocenters. The summed E-state index contributed by atoms with van der Waals surface area (Å²) in [7, 11) is 0. The van der Waals surface area contributed by atoms with Crippen LogP contribution in [0.25, 0.3) is 5.69 Å². The summed E-state index contributed by atoms with van der Waals surface area (Å²) in [5.41, 5.74) is 5.39. The van der Waals surface area contributed by atoms with Crippen LogP contribution >= 0.6 is 11.6 Å². The topological polar surface area (TPSA) is 46.8 Å². The van der Waals surface area contributed by atoms with Crippen molar-refractivity contribution < 1.29 is 0 Å². The Morgan fingerprint density at radius 2 is 2.04 bits per heavy atom. The molecular weight excluding hydrogens is 322 g/mol. The van der Waals surface area contributed by atoms with Gasteiger partial charge in [-0.25, -0.2) is 14.6 Å². The van der Waals surface area contributed by atoms with Crippen LogP contribution in [0.4, 0.5) is 0 Å². The molecule has 0 bridgehead atoms. The lowest BCUT2D eigenvalue weighted by molar-refractivity contribution is 0.240. The van der Waals surface area contributed by atoms with E-state index in [0.717, 1.165) is 48.7 Å². The first-order valence-corrected chi connectivity index (χ1v) is 8.39. The first-order valence-electron chi connectivity index (χ1n) is 8.02. The lowest BCUT2D eigenvalue weighted by Gasteiger charge is -2.27. The summed E-state index contributed by atoms with van der Waals surface area (Å²) in [6.45, 7) is 4.60. The van der Waals surface area contributed by atoms with E-state index in [1.54, 1.807) is 6.33 Å². The third kappa shape index (κ3) is 2.81. The van der Waals surface area contributed by atoms with Gasteiger partial charge in [-0.15, -0.1) is 0 Å². The lowest BCUT2D eigenvalue weighted by atomic mass is 10.1. The maximum atomic E-state index is 6.63. The molecule has 0 fully saturated rings. The van der Waals surface area contributed by atoms with Gasteiger partial charge in [-0.2, -0.15) is 5.10 Å². The summed E-state index contributed by atoms with van der Waals surface area (Å²) in [6, 6.07) is 9.99. The van der Waals surface area contributed by atoms with Crippen molar-refractivity contribution >= 4 is 11.6 Å². The summed E-state index contributed by atoms with van der Waals surface area (Å²) >= 11 is 6.63. The SMILES string of the molecule is Cc1nn(-c2ccccc2)c(Cl)c1CN1CCc2cncnc2C1. The van der Waals surface area contributed by atoms with Crippen LogP contribution in [-0.2, 0) is 19.5 Å². The van der Waals surface area contributed by atoms with Crippen LogP contribution < -0.4 is 0 Å². The molecule has 1 aromatic carbocycles. The third-order valence-corrected chi connectivity index (χ3v) is 4.84. The Labute approximate surface area is 145 Å². The van der Waals surface area contributed by atoms with E-state index in [-0.39, 0.29) is 0 Å². The van der Waals surface area contributed by atoms with Gasteiger partial charge in [0.05, 0.1) is 17.1 Å². The van der Waals surface area contributed by atoms with Crippen LogP contribution in [0.15, 0.2) is 42.9 Å². The van der Waals surface area contributed by atoms with Crippen molar-refractivity contribution in [3.63, 3.8) is 0 Å². The number of aryl methyl sites for hydroxylation is 1. The van der Waals surface area contributed by atoms with E-state index in [1.807, 2.05) is 48.1 Å². The monoisotopic (exact) mass is 339 g/mol. The number of fused-ring (bicyclic) bond motifs is 1. The van der Waals surface area contributed by atoms with Crippen LogP contribution in [0.2, 0.25) is 5.15 Å². The molecule has 4 rings (SSSR count). The molecule has 0 saturated carbocycles. The van der Waals surface area contributed by atoms with Crippen LogP contribution in [0.5, 0.6) is 0 Å². The zero-order valence-corrected chi connectivity index (χ0v) is 14.2. The normalized spacial score (nSPS) is 14.6. The molecule has 0 atom stereocenters. The van der Waals surface area contributed by atoms with E-state index < -0.39 is 0 Å². The predicted octanol–water partition coefficient (Wildman–Crippen LogP) is 3.18. The number of hydrogen-bond donors (Lipinski definition) is 0. The minimum absolute atomic E-state index is 0.687. The largest absolute Gasteiger partial charge is 0.293 e. The Morgan fingerprint density at radius 3 is 2.88 bits per heavy atom. The Bertz CT molecular complexity index is 859. The quantitative estimate of drug-likeness (QED) is 0.735. The summed E-state index contributed by atoms with van der Waals surface area (Å²) in [4.78, 5) is 10.9. The van der Waals surface area contributed by atoms with Gasteiger partial charge < -0.3 is 0 Å². The second-order valence-electron chi connectivity index (χ2n) is 6.06. The van der Waals surface area contributed by atoms with E-state index >= 15 is 0 Å². The highest BCUT2D eigenvalue weighted by molar-refractivity contribution is 6.30. The molecule has 1 aliphatic heterocycles. The highest BCUT2D eigenvalue weighted by atomic mass is 35.5. The summed E-state index contributed by atoms with van der Waals surface area (Å²) < 4.78 is 1.81. The smallest absolute Gasteiger partial charge is 0.137 e. The number of nitrogens with zero attached hydrogens (tertiary/aromatic N) is 5. The van der Waals surface area contributed by atoms with Gasteiger partial charge in [-0.1, -0.05) is 29.8 Å². The van der Waals surface area contributed by atoms with Gasteiger partial charge in [0.25, 0.3) is 0 Å². The van der Waals surface area contributed by atoms with Gasteiger partial charge in [0.2, 0.25) is 0 Å². The van der Waals surface area contributed by atoms with E-state index in [1.165, 1.54) is 5.56 Å². The van der Waals surface area contributed by atoms with Crippen molar-refractivity contribution in [3.05, 3.63) is 70.5 Å². The lowest BCUT2D eigenvalue weighted by Crippen LogP contribution is -2.31. The van der Waals surface area contributed by atoms with Gasteiger partial charge in [-0.05, 0) is 31.0 Å². The molecule has 3 heterocycles. The average Bonchev–Trinajstić information content (AvgIpc) is 2.90. The molecule has 0 radical (unpaired) electrons. The zero-order valence-electron chi connectivity index (χ0n) is 13.5. The fraction of sp³-hybridized carbons (Fsp3) is 0.278. The molecule has 24 heavy (non-hydrogen) atoms. The van der Waals surface area contributed by atoms with Gasteiger partial charge in [0.15, 0.2) is 0 Å². The number of hydrogen-bond acceptors (Lipinski definition) is 4. The minimum atomic E-state index is 0.687. The standard InChI is InChI=1S/C18H18ClN5/c1-13-16(18(19)24(22-13)15-5-3-2-4-6-15)10-23-8-7-14-9-20-12-21-17(14)11-23/h2-6,9,12H,7-8,10-11H2,1H3. The van der Waals surface area contributed by atoms with E-state index in [4.69, 9.17) is 11.6 Å². The maximum absolute atomic E-state index is 6.63. The second kappa shape index (κ2) is 6.34. The fourth-order valence-electron chi connectivity index (χ4n) is 3.11. The first-order chi connectivity index (χ1) is 11.7.